The van der Waals surface area contributed by atoms with Crippen LogP contribution in [0.4, 0.5) is 4.79 Å². The number of carbonyl (C=O) groups is 1. The van der Waals surface area contributed by atoms with Crippen LogP contribution in [0.5, 0.6) is 5.75 Å². The van der Waals surface area contributed by atoms with Gasteiger partial charge in [-0.1, -0.05) is 6.07 Å². The van der Waals surface area contributed by atoms with Gasteiger partial charge in [0.15, 0.2) is 0 Å². The SMILES string of the molecule is CCOc1ccc(C(N)CNC(=O)OC(C)(C)C)c(C)c1. The van der Waals surface area contributed by atoms with Crippen molar-refractivity contribution in [2.24, 2.45) is 5.73 Å². The Morgan fingerprint density at radius 1 is 1.38 bits per heavy atom. The first-order valence-corrected chi connectivity index (χ1v) is 7.18. The van der Waals surface area contributed by atoms with Crippen LogP contribution >= 0.6 is 0 Å². The molecule has 1 aromatic carbocycles. The molecule has 21 heavy (non-hydrogen) atoms. The summed E-state index contributed by atoms with van der Waals surface area (Å²) in [6.45, 7) is 10.3. The molecule has 1 aromatic rings. The van der Waals surface area contributed by atoms with E-state index in [1.807, 2.05) is 52.8 Å². The van der Waals surface area contributed by atoms with Crippen molar-refractivity contribution >= 4 is 6.09 Å². The van der Waals surface area contributed by atoms with E-state index in [4.69, 9.17) is 15.2 Å². The average molecular weight is 294 g/mol. The first-order chi connectivity index (χ1) is 9.73. The van der Waals surface area contributed by atoms with Crippen LogP contribution in [0, 0.1) is 6.92 Å². The molecule has 0 aliphatic heterocycles. The molecule has 0 saturated carbocycles. The van der Waals surface area contributed by atoms with Crippen molar-refractivity contribution in [2.45, 2.75) is 46.3 Å². The predicted molar refractivity (Wildman–Crippen MR) is 83.5 cm³/mol. The van der Waals surface area contributed by atoms with Crippen LogP contribution in [-0.4, -0.2) is 24.8 Å². The summed E-state index contributed by atoms with van der Waals surface area (Å²) in [5, 5.41) is 2.69. The summed E-state index contributed by atoms with van der Waals surface area (Å²) < 4.78 is 10.6. The molecule has 118 valence electrons. The molecule has 5 nitrogen and oxygen atoms in total. The number of amides is 1. The Morgan fingerprint density at radius 2 is 2.05 bits per heavy atom. The van der Waals surface area contributed by atoms with Crippen molar-refractivity contribution in [2.75, 3.05) is 13.2 Å². The van der Waals surface area contributed by atoms with E-state index in [1.165, 1.54) is 0 Å². The summed E-state index contributed by atoms with van der Waals surface area (Å²) in [6.07, 6.45) is -0.457. The van der Waals surface area contributed by atoms with Crippen molar-refractivity contribution in [1.82, 2.24) is 5.32 Å². The van der Waals surface area contributed by atoms with Crippen LogP contribution < -0.4 is 15.8 Å². The number of nitrogens with two attached hydrogens (primary N) is 1. The second-order valence-corrected chi connectivity index (χ2v) is 5.94. The number of benzene rings is 1. The van der Waals surface area contributed by atoms with Crippen molar-refractivity contribution in [1.29, 1.82) is 0 Å². The highest BCUT2D eigenvalue weighted by Gasteiger charge is 2.17. The summed E-state index contributed by atoms with van der Waals surface area (Å²) in [4.78, 5) is 11.6. The predicted octanol–water partition coefficient (Wildman–Crippen LogP) is 2.92. The molecule has 1 atom stereocenters. The minimum atomic E-state index is -0.511. The van der Waals surface area contributed by atoms with Crippen LogP contribution in [-0.2, 0) is 4.74 Å². The molecule has 0 spiro atoms. The normalized spacial score (nSPS) is 12.7. The number of ether oxygens (including phenoxy) is 2. The van der Waals surface area contributed by atoms with Crippen LogP contribution in [0.3, 0.4) is 0 Å². The molecule has 0 aliphatic rings. The van der Waals surface area contributed by atoms with Gasteiger partial charge in [0.1, 0.15) is 11.4 Å². The fourth-order valence-electron chi connectivity index (χ4n) is 1.94. The van der Waals surface area contributed by atoms with Gasteiger partial charge >= 0.3 is 6.09 Å². The smallest absolute Gasteiger partial charge is 0.407 e. The van der Waals surface area contributed by atoms with E-state index in [2.05, 4.69) is 5.32 Å². The standard InChI is InChI=1S/C16H26N2O3/c1-6-20-12-7-8-13(11(2)9-12)14(17)10-18-15(19)21-16(3,4)5/h7-9,14H,6,10,17H2,1-5H3,(H,18,19). The topological polar surface area (TPSA) is 73.6 Å². The highest BCUT2D eigenvalue weighted by atomic mass is 16.6. The lowest BCUT2D eigenvalue weighted by Crippen LogP contribution is -2.36. The minimum Gasteiger partial charge on any atom is -0.494 e. The van der Waals surface area contributed by atoms with Gasteiger partial charge in [0.2, 0.25) is 0 Å². The number of hydrogen-bond acceptors (Lipinski definition) is 4. The first-order valence-electron chi connectivity index (χ1n) is 7.18. The van der Waals surface area contributed by atoms with Crippen LogP contribution in [0.25, 0.3) is 0 Å². The summed E-state index contributed by atoms with van der Waals surface area (Å²) in [5.74, 6) is 0.825. The molecule has 0 saturated heterocycles. The molecule has 5 heteroatoms. The first kappa shape index (κ1) is 17.3. The average Bonchev–Trinajstić information content (AvgIpc) is 2.34. The van der Waals surface area contributed by atoms with Gasteiger partial charge in [-0.15, -0.1) is 0 Å². The molecule has 1 rings (SSSR count). The summed E-state index contributed by atoms with van der Waals surface area (Å²) in [6, 6.07) is 5.49. The molecule has 0 fully saturated rings. The molecule has 1 unspecified atom stereocenters. The fourth-order valence-corrected chi connectivity index (χ4v) is 1.94. The van der Waals surface area contributed by atoms with E-state index < -0.39 is 11.7 Å². The lowest BCUT2D eigenvalue weighted by molar-refractivity contribution is 0.0524. The van der Waals surface area contributed by atoms with E-state index in [-0.39, 0.29) is 6.04 Å². The monoisotopic (exact) mass is 294 g/mol. The van der Waals surface area contributed by atoms with E-state index in [0.717, 1.165) is 16.9 Å². The van der Waals surface area contributed by atoms with Gasteiger partial charge in [0.05, 0.1) is 6.61 Å². The third-order valence-corrected chi connectivity index (χ3v) is 2.82. The number of rotatable bonds is 5. The maximum atomic E-state index is 11.6. The maximum Gasteiger partial charge on any atom is 0.407 e. The zero-order chi connectivity index (χ0) is 16.0. The number of hydrogen-bond donors (Lipinski definition) is 2. The highest BCUT2D eigenvalue weighted by molar-refractivity contribution is 5.67. The minimum absolute atomic E-state index is 0.284. The summed E-state index contributed by atoms with van der Waals surface area (Å²) in [7, 11) is 0. The van der Waals surface area contributed by atoms with Crippen molar-refractivity contribution in [3.63, 3.8) is 0 Å². The Kier molecular flexibility index (Phi) is 6.03. The molecule has 0 radical (unpaired) electrons. The van der Waals surface area contributed by atoms with Crippen molar-refractivity contribution in [3.8, 4) is 5.75 Å². The molecule has 3 N–H and O–H groups in total. The Hall–Kier alpha value is -1.75. The quantitative estimate of drug-likeness (QED) is 0.875. The second-order valence-electron chi connectivity index (χ2n) is 5.94. The lowest BCUT2D eigenvalue weighted by Gasteiger charge is -2.21. The van der Waals surface area contributed by atoms with Gasteiger partial charge in [0, 0.05) is 12.6 Å². The lowest BCUT2D eigenvalue weighted by atomic mass is 10.0. The zero-order valence-electron chi connectivity index (χ0n) is 13.5. The maximum absolute atomic E-state index is 11.6. The highest BCUT2D eigenvalue weighted by Crippen LogP contribution is 2.21. The van der Waals surface area contributed by atoms with Gasteiger partial charge in [0.25, 0.3) is 0 Å². The van der Waals surface area contributed by atoms with Gasteiger partial charge in [-0.2, -0.15) is 0 Å². The van der Waals surface area contributed by atoms with E-state index in [1.54, 1.807) is 0 Å². The van der Waals surface area contributed by atoms with Gasteiger partial charge in [-0.3, -0.25) is 0 Å². The zero-order valence-corrected chi connectivity index (χ0v) is 13.5. The number of alkyl carbamates (subject to hydrolysis) is 1. The van der Waals surface area contributed by atoms with Crippen molar-refractivity contribution in [3.05, 3.63) is 29.3 Å². The summed E-state index contributed by atoms with van der Waals surface area (Å²) in [5.41, 5.74) is 7.63. The Balaban J connectivity index is 2.59. The molecular weight excluding hydrogens is 268 g/mol. The van der Waals surface area contributed by atoms with E-state index in [9.17, 15) is 4.79 Å². The molecule has 0 aromatic heterocycles. The third-order valence-electron chi connectivity index (χ3n) is 2.82. The molecule has 0 heterocycles. The molecule has 1 amide bonds. The molecular formula is C16H26N2O3. The number of carbonyl (C=O) groups excluding carboxylic acids is 1. The van der Waals surface area contributed by atoms with Gasteiger partial charge < -0.3 is 20.5 Å². The summed E-state index contributed by atoms with van der Waals surface area (Å²) >= 11 is 0. The van der Waals surface area contributed by atoms with Gasteiger partial charge in [-0.25, -0.2) is 4.79 Å². The van der Waals surface area contributed by atoms with Crippen LogP contribution in [0.15, 0.2) is 18.2 Å². The van der Waals surface area contributed by atoms with Crippen LogP contribution in [0.2, 0.25) is 0 Å². The number of aryl methyl sites for hydroxylation is 1. The second kappa shape index (κ2) is 7.31. The van der Waals surface area contributed by atoms with Gasteiger partial charge in [-0.05, 0) is 57.9 Å². The Morgan fingerprint density at radius 3 is 2.57 bits per heavy atom. The molecule has 0 bridgehead atoms. The third kappa shape index (κ3) is 6.04. The van der Waals surface area contributed by atoms with E-state index in [0.29, 0.717) is 13.2 Å². The Labute approximate surface area is 126 Å². The molecule has 0 aliphatic carbocycles. The Bertz CT molecular complexity index is 481. The van der Waals surface area contributed by atoms with Crippen molar-refractivity contribution < 1.29 is 14.3 Å². The van der Waals surface area contributed by atoms with Crippen LogP contribution in [0.1, 0.15) is 44.9 Å². The fraction of sp³-hybridized carbons (Fsp3) is 0.562. The number of nitrogens with one attached hydrogen (secondary N) is 1. The van der Waals surface area contributed by atoms with E-state index >= 15 is 0 Å². The largest absolute Gasteiger partial charge is 0.494 e.